The maximum atomic E-state index is 12.7. The molecule has 176 valence electrons. The smallest absolute Gasteiger partial charge is 0.357 e. The fraction of sp³-hybridized carbons (Fsp3) is 0.556. The monoisotopic (exact) mass is 577 g/mol. The zero-order valence-electron chi connectivity index (χ0n) is 17.2. The predicted molar refractivity (Wildman–Crippen MR) is 123 cm³/mol. The Balaban J connectivity index is 0.00000480. The minimum atomic E-state index is -5.29. The SMILES string of the molecule is CCNC(=NCc1ccc(C(=O)NC)cc1)NC1CCN(S(=O)(=O)C(F)(F)F)CC1.I. The third-order valence-corrected chi connectivity index (χ3v) is 6.26. The molecule has 1 aliphatic heterocycles. The number of amides is 1. The lowest BCUT2D eigenvalue weighted by molar-refractivity contribution is -0.0494. The number of carbonyl (C=O) groups is 1. The zero-order valence-corrected chi connectivity index (χ0v) is 20.3. The van der Waals surface area contributed by atoms with E-state index in [1.807, 2.05) is 6.92 Å². The minimum Gasteiger partial charge on any atom is -0.357 e. The van der Waals surface area contributed by atoms with Gasteiger partial charge in [0.1, 0.15) is 0 Å². The van der Waals surface area contributed by atoms with Gasteiger partial charge in [0.2, 0.25) is 0 Å². The number of nitrogens with one attached hydrogen (secondary N) is 3. The molecular weight excluding hydrogens is 550 g/mol. The highest BCUT2D eigenvalue weighted by molar-refractivity contribution is 14.0. The summed E-state index contributed by atoms with van der Waals surface area (Å²) in [6.45, 7) is 2.39. The maximum Gasteiger partial charge on any atom is 0.511 e. The molecule has 0 aliphatic carbocycles. The van der Waals surface area contributed by atoms with Gasteiger partial charge in [-0.05, 0) is 37.5 Å². The van der Waals surface area contributed by atoms with Gasteiger partial charge in [0, 0.05) is 38.3 Å². The van der Waals surface area contributed by atoms with E-state index in [9.17, 15) is 26.4 Å². The molecule has 3 N–H and O–H groups in total. The third kappa shape index (κ3) is 7.49. The molecule has 0 atom stereocenters. The molecule has 0 spiro atoms. The van der Waals surface area contributed by atoms with E-state index in [-0.39, 0.29) is 61.9 Å². The summed E-state index contributed by atoms with van der Waals surface area (Å²) < 4.78 is 61.5. The second kappa shape index (κ2) is 11.9. The molecule has 31 heavy (non-hydrogen) atoms. The molecule has 1 aliphatic rings. The van der Waals surface area contributed by atoms with Crippen molar-refractivity contribution in [2.75, 3.05) is 26.7 Å². The van der Waals surface area contributed by atoms with Crippen LogP contribution in [0.2, 0.25) is 0 Å². The molecular formula is C18H27F3IN5O3S. The molecule has 0 bridgehead atoms. The molecule has 1 heterocycles. The topological polar surface area (TPSA) is 103 Å². The second-order valence-electron chi connectivity index (χ2n) is 6.74. The number of benzene rings is 1. The molecule has 0 unspecified atom stereocenters. The highest BCUT2D eigenvalue weighted by atomic mass is 127. The Morgan fingerprint density at radius 1 is 1.19 bits per heavy atom. The Kier molecular flexibility index (Phi) is 10.5. The van der Waals surface area contributed by atoms with Crippen LogP contribution in [-0.2, 0) is 16.6 Å². The molecule has 1 aromatic carbocycles. The molecule has 1 saturated heterocycles. The molecule has 1 fully saturated rings. The van der Waals surface area contributed by atoms with Crippen LogP contribution in [0.15, 0.2) is 29.3 Å². The van der Waals surface area contributed by atoms with Crippen LogP contribution in [0.4, 0.5) is 13.2 Å². The van der Waals surface area contributed by atoms with Crippen LogP contribution in [-0.4, -0.2) is 62.8 Å². The first-order valence-corrected chi connectivity index (χ1v) is 10.9. The molecule has 1 amide bonds. The van der Waals surface area contributed by atoms with Crippen LogP contribution < -0.4 is 16.0 Å². The van der Waals surface area contributed by atoms with Crippen molar-refractivity contribution in [3.63, 3.8) is 0 Å². The molecule has 0 radical (unpaired) electrons. The molecule has 0 saturated carbocycles. The highest BCUT2D eigenvalue weighted by Crippen LogP contribution is 2.28. The number of aliphatic imine (C=N–C) groups is 1. The van der Waals surface area contributed by atoms with Gasteiger partial charge in [0.15, 0.2) is 5.96 Å². The standard InChI is InChI=1S/C18H26F3N5O3S.HI/c1-3-23-17(24-12-13-4-6-14(7-5-13)16(27)22-2)25-15-8-10-26(11-9-15)30(28,29)18(19,20)21;/h4-7,15H,3,8-12H2,1-2H3,(H,22,27)(H2,23,24,25);1H. The summed E-state index contributed by atoms with van der Waals surface area (Å²) in [4.78, 5) is 16.0. The van der Waals surface area contributed by atoms with E-state index in [0.717, 1.165) is 5.56 Å². The van der Waals surface area contributed by atoms with E-state index < -0.39 is 15.5 Å². The first-order chi connectivity index (χ1) is 14.1. The van der Waals surface area contributed by atoms with Gasteiger partial charge in [-0.2, -0.15) is 17.5 Å². The van der Waals surface area contributed by atoms with Crippen LogP contribution in [0.25, 0.3) is 0 Å². The first kappa shape index (κ1) is 27.4. The van der Waals surface area contributed by atoms with Crippen molar-refractivity contribution in [2.45, 2.75) is 37.9 Å². The summed E-state index contributed by atoms with van der Waals surface area (Å²) >= 11 is 0. The largest absolute Gasteiger partial charge is 0.511 e. The summed E-state index contributed by atoms with van der Waals surface area (Å²) in [7, 11) is -3.73. The van der Waals surface area contributed by atoms with E-state index in [4.69, 9.17) is 0 Å². The number of nitrogens with zero attached hydrogens (tertiary/aromatic N) is 2. The van der Waals surface area contributed by atoms with Crippen LogP contribution in [0.5, 0.6) is 0 Å². The maximum absolute atomic E-state index is 12.7. The first-order valence-electron chi connectivity index (χ1n) is 9.50. The fourth-order valence-corrected chi connectivity index (χ4v) is 3.96. The van der Waals surface area contributed by atoms with Gasteiger partial charge in [0.05, 0.1) is 6.54 Å². The number of halogens is 4. The second-order valence-corrected chi connectivity index (χ2v) is 8.67. The van der Waals surface area contributed by atoms with Gasteiger partial charge in [-0.15, -0.1) is 24.0 Å². The Morgan fingerprint density at radius 2 is 1.77 bits per heavy atom. The fourth-order valence-electron chi connectivity index (χ4n) is 2.98. The Bertz CT molecular complexity index is 855. The lowest BCUT2D eigenvalue weighted by atomic mass is 10.1. The molecule has 8 nitrogen and oxygen atoms in total. The molecule has 1 aromatic rings. The van der Waals surface area contributed by atoms with Gasteiger partial charge in [0.25, 0.3) is 5.91 Å². The van der Waals surface area contributed by atoms with E-state index in [0.29, 0.717) is 28.9 Å². The van der Waals surface area contributed by atoms with E-state index in [1.165, 1.54) is 0 Å². The third-order valence-electron chi connectivity index (χ3n) is 4.63. The van der Waals surface area contributed by atoms with Crippen molar-refractivity contribution in [3.05, 3.63) is 35.4 Å². The normalized spacial score (nSPS) is 16.4. The van der Waals surface area contributed by atoms with Gasteiger partial charge in [-0.3, -0.25) is 4.79 Å². The van der Waals surface area contributed by atoms with Crippen molar-refractivity contribution in [2.24, 2.45) is 4.99 Å². The lowest BCUT2D eigenvalue weighted by Crippen LogP contribution is -2.51. The van der Waals surface area contributed by atoms with Crippen LogP contribution in [0.3, 0.4) is 0 Å². The summed E-state index contributed by atoms with van der Waals surface area (Å²) in [5.41, 5.74) is -3.86. The van der Waals surface area contributed by atoms with Crippen molar-refractivity contribution in [1.82, 2.24) is 20.3 Å². The van der Waals surface area contributed by atoms with Gasteiger partial charge in [-0.1, -0.05) is 12.1 Å². The number of alkyl halides is 3. The Hall–Kier alpha value is -1.61. The number of carbonyl (C=O) groups excluding carboxylic acids is 1. The number of rotatable bonds is 6. The van der Waals surface area contributed by atoms with Crippen LogP contribution in [0.1, 0.15) is 35.7 Å². The number of hydrogen-bond acceptors (Lipinski definition) is 4. The van der Waals surface area contributed by atoms with E-state index >= 15 is 0 Å². The number of sulfonamides is 1. The molecule has 13 heteroatoms. The van der Waals surface area contributed by atoms with Crippen LogP contribution >= 0.6 is 24.0 Å². The summed E-state index contributed by atoms with van der Waals surface area (Å²) in [6.07, 6.45) is 0.473. The van der Waals surface area contributed by atoms with Crippen molar-refractivity contribution >= 4 is 45.9 Å². The average molecular weight is 577 g/mol. The van der Waals surface area contributed by atoms with Gasteiger partial charge < -0.3 is 16.0 Å². The lowest BCUT2D eigenvalue weighted by Gasteiger charge is -2.32. The number of piperidine rings is 1. The Labute approximate surface area is 197 Å². The predicted octanol–water partition coefficient (Wildman–Crippen LogP) is 2.03. The van der Waals surface area contributed by atoms with E-state index in [1.54, 1.807) is 31.3 Å². The Morgan fingerprint density at radius 3 is 2.26 bits per heavy atom. The highest BCUT2D eigenvalue weighted by Gasteiger charge is 2.50. The zero-order chi connectivity index (χ0) is 22.4. The van der Waals surface area contributed by atoms with E-state index in [2.05, 4.69) is 20.9 Å². The summed E-state index contributed by atoms with van der Waals surface area (Å²) in [6, 6.07) is 6.77. The van der Waals surface area contributed by atoms with Crippen molar-refractivity contribution in [1.29, 1.82) is 0 Å². The number of guanidine groups is 1. The quantitative estimate of drug-likeness (QED) is 0.273. The summed E-state index contributed by atoms with van der Waals surface area (Å²) in [5, 5.41) is 8.76. The van der Waals surface area contributed by atoms with Gasteiger partial charge in [-0.25, -0.2) is 13.4 Å². The minimum absolute atomic E-state index is 0. The van der Waals surface area contributed by atoms with Crippen molar-refractivity contribution in [3.8, 4) is 0 Å². The average Bonchev–Trinajstić information content (AvgIpc) is 2.71. The van der Waals surface area contributed by atoms with Crippen molar-refractivity contribution < 1.29 is 26.4 Å². The van der Waals surface area contributed by atoms with Crippen LogP contribution in [0, 0.1) is 0 Å². The van der Waals surface area contributed by atoms with Gasteiger partial charge >= 0.3 is 15.5 Å². The molecule has 0 aromatic heterocycles. The summed E-state index contributed by atoms with van der Waals surface area (Å²) in [5.74, 6) is 0.309. The molecule has 2 rings (SSSR count). The number of hydrogen-bond donors (Lipinski definition) is 3.